The lowest BCUT2D eigenvalue weighted by Crippen LogP contribution is -2.11. The average molecular weight is 215 g/mol. The average Bonchev–Trinajstić information content (AvgIpc) is 2.30. The third kappa shape index (κ3) is 2.44. The number of nitrogens with one attached hydrogen (secondary N) is 1. The van der Waals surface area contributed by atoms with Crippen LogP contribution in [0.15, 0.2) is 36.8 Å². The minimum Gasteiger partial charge on any atom is -0.363 e. The first-order valence-electron chi connectivity index (χ1n) is 4.93. The van der Waals surface area contributed by atoms with Crippen molar-refractivity contribution in [3.05, 3.63) is 36.8 Å². The van der Waals surface area contributed by atoms with Gasteiger partial charge in [-0.3, -0.25) is 0 Å². The third-order valence-electron chi connectivity index (χ3n) is 2.03. The van der Waals surface area contributed by atoms with Gasteiger partial charge >= 0.3 is 0 Å². The first kappa shape index (κ1) is 10.4. The summed E-state index contributed by atoms with van der Waals surface area (Å²) in [6.45, 7) is 0. The van der Waals surface area contributed by atoms with Gasteiger partial charge in [-0.1, -0.05) is 6.07 Å². The van der Waals surface area contributed by atoms with Crippen LogP contribution >= 0.6 is 0 Å². The minimum atomic E-state index is 0.734. The Morgan fingerprint density at radius 1 is 1.06 bits per heavy atom. The van der Waals surface area contributed by atoms with Crippen molar-refractivity contribution >= 4 is 17.5 Å². The quantitative estimate of drug-likeness (QED) is 0.844. The second-order valence-electron chi connectivity index (χ2n) is 3.50. The van der Waals surface area contributed by atoms with Crippen LogP contribution in [0.4, 0.5) is 17.5 Å². The summed E-state index contributed by atoms with van der Waals surface area (Å²) in [5, 5.41) is 3.11. The standard InChI is InChI=1S/C11H13N5/c1-16(2)11-7-10(13-8-14-11)15-9-5-3-4-6-12-9/h3-8H,1-2H3,(H,12,13,14,15). The van der Waals surface area contributed by atoms with Gasteiger partial charge in [-0.2, -0.15) is 0 Å². The molecule has 16 heavy (non-hydrogen) atoms. The molecule has 0 radical (unpaired) electrons. The highest BCUT2D eigenvalue weighted by atomic mass is 15.2. The number of hydrogen-bond acceptors (Lipinski definition) is 5. The number of hydrogen-bond donors (Lipinski definition) is 1. The first-order valence-corrected chi connectivity index (χ1v) is 4.93. The van der Waals surface area contributed by atoms with E-state index in [0.29, 0.717) is 0 Å². The molecule has 0 fully saturated rings. The fraction of sp³-hybridized carbons (Fsp3) is 0.182. The summed E-state index contributed by atoms with van der Waals surface area (Å²) in [4.78, 5) is 14.3. The molecule has 2 aromatic heterocycles. The highest BCUT2D eigenvalue weighted by Crippen LogP contribution is 2.14. The largest absolute Gasteiger partial charge is 0.363 e. The fourth-order valence-corrected chi connectivity index (χ4v) is 1.23. The molecule has 5 heteroatoms. The summed E-state index contributed by atoms with van der Waals surface area (Å²) in [6, 6.07) is 7.55. The molecule has 2 rings (SSSR count). The molecule has 0 bridgehead atoms. The van der Waals surface area contributed by atoms with Gasteiger partial charge in [-0.15, -0.1) is 0 Å². The van der Waals surface area contributed by atoms with Crippen LogP contribution < -0.4 is 10.2 Å². The third-order valence-corrected chi connectivity index (χ3v) is 2.03. The van der Waals surface area contributed by atoms with Crippen LogP contribution in [0.3, 0.4) is 0 Å². The van der Waals surface area contributed by atoms with E-state index in [4.69, 9.17) is 0 Å². The van der Waals surface area contributed by atoms with Gasteiger partial charge in [-0.05, 0) is 12.1 Å². The number of rotatable bonds is 3. The molecule has 0 aliphatic heterocycles. The predicted octanol–water partition coefficient (Wildman–Crippen LogP) is 1.68. The van der Waals surface area contributed by atoms with E-state index in [1.807, 2.05) is 43.3 Å². The van der Waals surface area contributed by atoms with Crippen molar-refractivity contribution in [2.24, 2.45) is 0 Å². The van der Waals surface area contributed by atoms with Crippen molar-refractivity contribution in [2.75, 3.05) is 24.3 Å². The van der Waals surface area contributed by atoms with Crippen LogP contribution in [0.2, 0.25) is 0 Å². The highest BCUT2D eigenvalue weighted by Gasteiger charge is 2.00. The fourth-order valence-electron chi connectivity index (χ4n) is 1.23. The second-order valence-corrected chi connectivity index (χ2v) is 3.50. The van der Waals surface area contributed by atoms with Gasteiger partial charge in [0.2, 0.25) is 0 Å². The van der Waals surface area contributed by atoms with E-state index in [2.05, 4.69) is 20.3 Å². The number of pyridine rings is 1. The van der Waals surface area contributed by atoms with Gasteiger partial charge < -0.3 is 10.2 Å². The van der Waals surface area contributed by atoms with Crippen LogP contribution in [0.1, 0.15) is 0 Å². The van der Waals surface area contributed by atoms with Crippen molar-refractivity contribution in [3.63, 3.8) is 0 Å². The molecule has 2 heterocycles. The van der Waals surface area contributed by atoms with Crippen molar-refractivity contribution in [3.8, 4) is 0 Å². The molecule has 0 saturated heterocycles. The van der Waals surface area contributed by atoms with Gasteiger partial charge in [0.25, 0.3) is 0 Å². The van der Waals surface area contributed by atoms with Gasteiger partial charge in [-0.25, -0.2) is 15.0 Å². The van der Waals surface area contributed by atoms with E-state index in [-0.39, 0.29) is 0 Å². The summed E-state index contributed by atoms with van der Waals surface area (Å²) < 4.78 is 0. The Bertz CT molecular complexity index is 455. The van der Waals surface area contributed by atoms with E-state index < -0.39 is 0 Å². The zero-order chi connectivity index (χ0) is 11.4. The van der Waals surface area contributed by atoms with Gasteiger partial charge in [0, 0.05) is 26.4 Å². The molecule has 5 nitrogen and oxygen atoms in total. The van der Waals surface area contributed by atoms with Crippen molar-refractivity contribution < 1.29 is 0 Å². The molecular weight excluding hydrogens is 202 g/mol. The maximum absolute atomic E-state index is 4.16. The second kappa shape index (κ2) is 4.57. The maximum atomic E-state index is 4.16. The lowest BCUT2D eigenvalue weighted by molar-refractivity contribution is 1.04. The Labute approximate surface area is 94.2 Å². The topological polar surface area (TPSA) is 53.9 Å². The van der Waals surface area contributed by atoms with Crippen LogP contribution in [0.25, 0.3) is 0 Å². The zero-order valence-corrected chi connectivity index (χ0v) is 9.25. The van der Waals surface area contributed by atoms with E-state index in [9.17, 15) is 0 Å². The Balaban J connectivity index is 2.19. The Morgan fingerprint density at radius 2 is 1.94 bits per heavy atom. The van der Waals surface area contributed by atoms with Crippen LogP contribution in [0.5, 0.6) is 0 Å². The smallest absolute Gasteiger partial charge is 0.137 e. The molecule has 0 aromatic carbocycles. The number of anilines is 3. The maximum Gasteiger partial charge on any atom is 0.137 e. The first-order chi connectivity index (χ1) is 7.75. The molecule has 1 N–H and O–H groups in total. The van der Waals surface area contributed by atoms with E-state index >= 15 is 0 Å². The lowest BCUT2D eigenvalue weighted by Gasteiger charge is -2.11. The molecule has 0 atom stereocenters. The summed E-state index contributed by atoms with van der Waals surface area (Å²) in [5.41, 5.74) is 0. The van der Waals surface area contributed by atoms with Crippen molar-refractivity contribution in [1.82, 2.24) is 15.0 Å². The van der Waals surface area contributed by atoms with Gasteiger partial charge in [0.1, 0.15) is 23.8 Å². The SMILES string of the molecule is CN(C)c1cc(Nc2ccccn2)ncn1. The summed E-state index contributed by atoms with van der Waals surface area (Å²) in [6.07, 6.45) is 3.26. The minimum absolute atomic E-state index is 0.734. The normalized spacial score (nSPS) is 9.88. The summed E-state index contributed by atoms with van der Waals surface area (Å²) >= 11 is 0. The number of aromatic nitrogens is 3. The molecule has 82 valence electrons. The summed E-state index contributed by atoms with van der Waals surface area (Å²) in [7, 11) is 3.87. The van der Waals surface area contributed by atoms with Crippen molar-refractivity contribution in [1.29, 1.82) is 0 Å². The molecule has 0 amide bonds. The van der Waals surface area contributed by atoms with E-state index in [1.165, 1.54) is 6.33 Å². The Morgan fingerprint density at radius 3 is 2.62 bits per heavy atom. The van der Waals surface area contributed by atoms with Gasteiger partial charge in [0.15, 0.2) is 0 Å². The molecule has 0 aliphatic carbocycles. The Hall–Kier alpha value is -2.17. The summed E-state index contributed by atoms with van der Waals surface area (Å²) in [5.74, 6) is 2.36. The van der Waals surface area contributed by atoms with Crippen LogP contribution in [0, 0.1) is 0 Å². The molecule has 0 saturated carbocycles. The predicted molar refractivity (Wildman–Crippen MR) is 63.9 cm³/mol. The van der Waals surface area contributed by atoms with Crippen LogP contribution in [-0.2, 0) is 0 Å². The van der Waals surface area contributed by atoms with Crippen molar-refractivity contribution in [2.45, 2.75) is 0 Å². The Kier molecular flexibility index (Phi) is 2.95. The van der Waals surface area contributed by atoms with Gasteiger partial charge in [0.05, 0.1) is 0 Å². The molecule has 0 aliphatic rings. The zero-order valence-electron chi connectivity index (χ0n) is 9.25. The molecule has 0 unspecified atom stereocenters. The number of nitrogens with zero attached hydrogens (tertiary/aromatic N) is 4. The molecule has 0 spiro atoms. The molecular formula is C11H13N5. The van der Waals surface area contributed by atoms with Crippen LogP contribution in [-0.4, -0.2) is 29.0 Å². The highest BCUT2D eigenvalue weighted by molar-refractivity contribution is 5.55. The van der Waals surface area contributed by atoms with E-state index in [1.54, 1.807) is 6.20 Å². The monoisotopic (exact) mass is 215 g/mol. The lowest BCUT2D eigenvalue weighted by atomic mass is 10.4. The van der Waals surface area contributed by atoms with E-state index in [0.717, 1.165) is 17.5 Å². The molecule has 2 aromatic rings.